The molecule has 6 heteroatoms. The molecular weight excluding hydrogens is 282 g/mol. The van der Waals surface area contributed by atoms with Crippen molar-refractivity contribution in [3.05, 3.63) is 54.2 Å². The number of pyridine rings is 1. The van der Waals surface area contributed by atoms with E-state index in [4.69, 9.17) is 0 Å². The van der Waals surface area contributed by atoms with Crippen LogP contribution in [0.25, 0.3) is 0 Å². The fraction of sp³-hybridized carbons (Fsp3) is 0.143. The van der Waals surface area contributed by atoms with Crippen LogP contribution in [0.1, 0.15) is 6.92 Å². The maximum atomic E-state index is 13.0. The third kappa shape index (κ3) is 3.77. The van der Waals surface area contributed by atoms with Gasteiger partial charge in [-0.1, -0.05) is 17.8 Å². The normalized spacial score (nSPS) is 11.9. The van der Waals surface area contributed by atoms with Gasteiger partial charge in [0.25, 0.3) is 0 Å². The lowest BCUT2D eigenvalue weighted by molar-refractivity contribution is -0.115. The summed E-state index contributed by atoms with van der Waals surface area (Å²) in [6.45, 7) is 1.72. The molecule has 1 aromatic carbocycles. The van der Waals surface area contributed by atoms with Crippen LogP contribution < -0.4 is 5.32 Å². The van der Waals surface area contributed by atoms with E-state index >= 15 is 0 Å². The molecule has 20 heavy (non-hydrogen) atoms. The van der Waals surface area contributed by atoms with Crippen molar-refractivity contribution < 1.29 is 13.6 Å². The summed E-state index contributed by atoms with van der Waals surface area (Å²) in [5.74, 6) is -2.24. The van der Waals surface area contributed by atoms with E-state index in [2.05, 4.69) is 10.3 Å². The molecule has 1 N–H and O–H groups in total. The summed E-state index contributed by atoms with van der Waals surface area (Å²) < 4.78 is 25.8. The van der Waals surface area contributed by atoms with E-state index in [-0.39, 0.29) is 11.6 Å². The van der Waals surface area contributed by atoms with Gasteiger partial charge in [-0.25, -0.2) is 13.8 Å². The molecule has 1 heterocycles. The Morgan fingerprint density at radius 2 is 2.05 bits per heavy atom. The minimum Gasteiger partial charge on any atom is -0.325 e. The third-order valence-corrected chi connectivity index (χ3v) is 3.54. The van der Waals surface area contributed by atoms with Gasteiger partial charge in [0, 0.05) is 18.0 Å². The second-order valence-corrected chi connectivity index (χ2v) is 5.41. The molecule has 1 amide bonds. The van der Waals surface area contributed by atoms with E-state index in [9.17, 15) is 13.6 Å². The van der Waals surface area contributed by atoms with Crippen LogP contribution in [0.5, 0.6) is 0 Å². The van der Waals surface area contributed by atoms with Crippen LogP contribution in [0.4, 0.5) is 14.5 Å². The van der Waals surface area contributed by atoms with Crippen molar-refractivity contribution in [1.29, 1.82) is 0 Å². The quantitative estimate of drug-likeness (QED) is 0.878. The Kier molecular flexibility index (Phi) is 4.68. The Bertz CT molecular complexity index is 607. The number of nitrogens with one attached hydrogen (secondary N) is 1. The molecule has 0 radical (unpaired) electrons. The summed E-state index contributed by atoms with van der Waals surface area (Å²) >= 11 is 1.29. The Morgan fingerprint density at radius 1 is 1.25 bits per heavy atom. The third-order valence-electron chi connectivity index (χ3n) is 2.49. The first kappa shape index (κ1) is 14.5. The van der Waals surface area contributed by atoms with Gasteiger partial charge in [0.15, 0.2) is 11.6 Å². The van der Waals surface area contributed by atoms with Crippen LogP contribution in [-0.4, -0.2) is 16.1 Å². The average Bonchev–Trinajstić information content (AvgIpc) is 2.44. The van der Waals surface area contributed by atoms with Crippen LogP contribution in [0.3, 0.4) is 0 Å². The van der Waals surface area contributed by atoms with E-state index in [1.807, 2.05) is 6.07 Å². The first-order valence-corrected chi connectivity index (χ1v) is 6.78. The van der Waals surface area contributed by atoms with Crippen LogP contribution in [0, 0.1) is 11.6 Å². The molecule has 0 saturated carbocycles. The van der Waals surface area contributed by atoms with Gasteiger partial charge in [-0.2, -0.15) is 0 Å². The zero-order valence-electron chi connectivity index (χ0n) is 10.6. The highest BCUT2D eigenvalue weighted by Crippen LogP contribution is 2.22. The predicted molar refractivity (Wildman–Crippen MR) is 74.5 cm³/mol. The molecule has 3 nitrogen and oxygen atoms in total. The number of hydrogen-bond acceptors (Lipinski definition) is 3. The lowest BCUT2D eigenvalue weighted by Crippen LogP contribution is -2.22. The molecule has 2 aromatic rings. The minimum absolute atomic E-state index is 0.224. The predicted octanol–water partition coefficient (Wildman–Crippen LogP) is 3.48. The largest absolute Gasteiger partial charge is 0.325 e. The number of nitrogens with zero attached hydrogens (tertiary/aromatic N) is 1. The van der Waals surface area contributed by atoms with Gasteiger partial charge in [-0.15, -0.1) is 0 Å². The molecule has 0 aliphatic rings. The van der Waals surface area contributed by atoms with Gasteiger partial charge in [0.2, 0.25) is 5.91 Å². The fourth-order valence-corrected chi connectivity index (χ4v) is 2.28. The first-order valence-electron chi connectivity index (χ1n) is 5.90. The number of amides is 1. The van der Waals surface area contributed by atoms with Crippen molar-refractivity contribution >= 4 is 23.4 Å². The summed E-state index contributed by atoms with van der Waals surface area (Å²) in [6, 6.07) is 8.65. The number of carbonyl (C=O) groups excluding carboxylic acids is 1. The summed E-state index contributed by atoms with van der Waals surface area (Å²) in [7, 11) is 0. The van der Waals surface area contributed by atoms with Crippen LogP contribution in [0.2, 0.25) is 0 Å². The highest BCUT2D eigenvalue weighted by molar-refractivity contribution is 8.00. The van der Waals surface area contributed by atoms with Crippen LogP contribution in [0.15, 0.2) is 47.6 Å². The maximum absolute atomic E-state index is 13.0. The van der Waals surface area contributed by atoms with Crippen molar-refractivity contribution in [3.8, 4) is 0 Å². The smallest absolute Gasteiger partial charge is 0.237 e. The molecule has 1 aromatic heterocycles. The Morgan fingerprint density at radius 3 is 2.70 bits per heavy atom. The summed E-state index contributed by atoms with van der Waals surface area (Å²) in [6.07, 6.45) is 1.64. The number of thioether (sulfide) groups is 1. The standard InChI is InChI=1S/C14H12F2N2OS/c1-9(20-13-4-2-3-7-17-13)14(19)18-10-5-6-11(15)12(16)8-10/h2-9H,1H3,(H,18,19). The van der Waals surface area contributed by atoms with E-state index < -0.39 is 16.9 Å². The molecule has 0 bridgehead atoms. The molecule has 0 spiro atoms. The highest BCUT2D eigenvalue weighted by Gasteiger charge is 2.15. The van der Waals surface area contributed by atoms with Gasteiger partial charge in [-0.05, 0) is 31.2 Å². The van der Waals surface area contributed by atoms with Crippen molar-refractivity contribution in [2.75, 3.05) is 5.32 Å². The topological polar surface area (TPSA) is 42.0 Å². The van der Waals surface area contributed by atoms with E-state index in [0.717, 1.165) is 17.2 Å². The lowest BCUT2D eigenvalue weighted by atomic mass is 10.3. The summed E-state index contributed by atoms with van der Waals surface area (Å²) in [5, 5.41) is 2.85. The number of rotatable bonds is 4. The molecule has 1 atom stereocenters. The minimum atomic E-state index is -0.993. The van der Waals surface area contributed by atoms with Crippen molar-refractivity contribution in [2.24, 2.45) is 0 Å². The van der Waals surface area contributed by atoms with E-state index in [0.29, 0.717) is 0 Å². The first-order chi connectivity index (χ1) is 9.56. The second kappa shape index (κ2) is 6.47. The molecule has 0 fully saturated rings. The van der Waals surface area contributed by atoms with Gasteiger partial charge < -0.3 is 5.32 Å². The van der Waals surface area contributed by atoms with Gasteiger partial charge in [-0.3, -0.25) is 4.79 Å². The Hall–Kier alpha value is -1.95. The molecular formula is C14H12F2N2OS. The monoisotopic (exact) mass is 294 g/mol. The van der Waals surface area contributed by atoms with Gasteiger partial charge in [0.05, 0.1) is 10.3 Å². The summed E-state index contributed by atoms with van der Waals surface area (Å²) in [5.41, 5.74) is 0.224. The van der Waals surface area contributed by atoms with E-state index in [1.54, 1.807) is 25.3 Å². The number of benzene rings is 1. The number of anilines is 1. The molecule has 0 aliphatic carbocycles. The molecule has 2 rings (SSSR count). The fourth-order valence-electron chi connectivity index (χ4n) is 1.47. The van der Waals surface area contributed by atoms with E-state index in [1.165, 1.54) is 17.8 Å². The number of carbonyl (C=O) groups is 1. The van der Waals surface area contributed by atoms with Crippen molar-refractivity contribution in [1.82, 2.24) is 4.98 Å². The lowest BCUT2D eigenvalue weighted by Gasteiger charge is -2.11. The maximum Gasteiger partial charge on any atom is 0.237 e. The van der Waals surface area contributed by atoms with Gasteiger partial charge >= 0.3 is 0 Å². The molecule has 0 saturated heterocycles. The second-order valence-electron chi connectivity index (χ2n) is 4.05. The summed E-state index contributed by atoms with van der Waals surface area (Å²) in [4.78, 5) is 16.0. The zero-order valence-corrected chi connectivity index (χ0v) is 11.5. The number of aromatic nitrogens is 1. The zero-order chi connectivity index (χ0) is 14.5. The van der Waals surface area contributed by atoms with Crippen molar-refractivity contribution in [2.45, 2.75) is 17.2 Å². The Balaban J connectivity index is 1.99. The number of halogens is 2. The van der Waals surface area contributed by atoms with Gasteiger partial charge in [0.1, 0.15) is 0 Å². The van der Waals surface area contributed by atoms with Crippen LogP contribution >= 0.6 is 11.8 Å². The van der Waals surface area contributed by atoms with Crippen LogP contribution in [-0.2, 0) is 4.79 Å². The Labute approximate surface area is 119 Å². The van der Waals surface area contributed by atoms with Crippen molar-refractivity contribution in [3.63, 3.8) is 0 Å². The molecule has 0 aliphatic heterocycles. The average molecular weight is 294 g/mol. The number of hydrogen-bond donors (Lipinski definition) is 1. The SMILES string of the molecule is CC(Sc1ccccn1)C(=O)Nc1ccc(F)c(F)c1. The molecule has 1 unspecified atom stereocenters. The highest BCUT2D eigenvalue weighted by atomic mass is 32.2. The molecule has 104 valence electrons.